The van der Waals surface area contributed by atoms with Gasteiger partial charge in [0.25, 0.3) is 5.91 Å². The summed E-state index contributed by atoms with van der Waals surface area (Å²) in [6.45, 7) is 1.48. The zero-order valence-electron chi connectivity index (χ0n) is 16.7. The maximum absolute atomic E-state index is 12.3. The third kappa shape index (κ3) is 5.11. The number of benzene rings is 3. The molecular weight excluding hydrogens is 382 g/mol. The Kier molecular flexibility index (Phi) is 6.60. The predicted octanol–water partition coefficient (Wildman–Crippen LogP) is 4.30. The van der Waals surface area contributed by atoms with Crippen molar-refractivity contribution in [2.75, 3.05) is 19.0 Å². The molecule has 0 saturated heterocycles. The summed E-state index contributed by atoms with van der Waals surface area (Å²) < 4.78 is 10.3. The molecule has 0 fully saturated rings. The minimum Gasteiger partial charge on any atom is -0.496 e. The van der Waals surface area contributed by atoms with Gasteiger partial charge in [0.15, 0.2) is 12.4 Å². The fourth-order valence-electron chi connectivity index (χ4n) is 2.78. The van der Waals surface area contributed by atoms with Crippen molar-refractivity contribution in [3.8, 4) is 5.75 Å². The number of hydrogen-bond donors (Lipinski definition) is 1. The normalized spacial score (nSPS) is 10.2. The van der Waals surface area contributed by atoms with E-state index in [2.05, 4.69) is 5.32 Å². The Morgan fingerprint density at radius 3 is 2.17 bits per heavy atom. The molecule has 0 aliphatic heterocycles. The van der Waals surface area contributed by atoms with Crippen LogP contribution in [0, 0.1) is 6.92 Å². The number of Topliss-reactive ketones (excluding diaryl/α,β-unsaturated/α-hetero) is 1. The molecule has 0 bridgehead atoms. The van der Waals surface area contributed by atoms with E-state index in [0.717, 1.165) is 5.56 Å². The average Bonchev–Trinajstić information content (AvgIpc) is 2.78. The highest BCUT2D eigenvalue weighted by atomic mass is 16.5. The van der Waals surface area contributed by atoms with Crippen molar-refractivity contribution in [2.45, 2.75) is 6.92 Å². The van der Waals surface area contributed by atoms with Crippen LogP contribution < -0.4 is 10.1 Å². The van der Waals surface area contributed by atoms with E-state index in [9.17, 15) is 14.4 Å². The summed E-state index contributed by atoms with van der Waals surface area (Å²) in [5.74, 6) is -0.613. The summed E-state index contributed by atoms with van der Waals surface area (Å²) in [4.78, 5) is 36.7. The molecule has 0 heterocycles. The lowest BCUT2D eigenvalue weighted by atomic mass is 10.1. The van der Waals surface area contributed by atoms with Crippen LogP contribution in [0.15, 0.2) is 72.8 Å². The molecule has 6 heteroatoms. The molecule has 3 aromatic carbocycles. The van der Waals surface area contributed by atoms with Crippen molar-refractivity contribution in [3.05, 3.63) is 95.1 Å². The number of anilines is 1. The molecule has 0 aromatic heterocycles. The van der Waals surface area contributed by atoms with Crippen molar-refractivity contribution in [1.82, 2.24) is 0 Å². The maximum Gasteiger partial charge on any atom is 0.338 e. The molecule has 0 spiro atoms. The van der Waals surface area contributed by atoms with Crippen LogP contribution >= 0.6 is 0 Å². The number of aryl methyl sites for hydroxylation is 1. The van der Waals surface area contributed by atoms with Crippen molar-refractivity contribution in [2.24, 2.45) is 0 Å². The monoisotopic (exact) mass is 403 g/mol. The molecule has 3 rings (SSSR count). The van der Waals surface area contributed by atoms with Gasteiger partial charge in [-0.3, -0.25) is 9.59 Å². The first-order valence-corrected chi connectivity index (χ1v) is 9.29. The Morgan fingerprint density at radius 1 is 0.833 bits per heavy atom. The van der Waals surface area contributed by atoms with E-state index in [1.54, 1.807) is 66.7 Å². The van der Waals surface area contributed by atoms with Crippen LogP contribution in [0.2, 0.25) is 0 Å². The summed E-state index contributed by atoms with van der Waals surface area (Å²) >= 11 is 0. The van der Waals surface area contributed by atoms with Crippen molar-refractivity contribution in [3.63, 3.8) is 0 Å². The number of nitrogens with one attached hydrogen (secondary N) is 1. The van der Waals surface area contributed by atoms with E-state index in [-0.39, 0.29) is 18.3 Å². The van der Waals surface area contributed by atoms with Crippen LogP contribution in [-0.4, -0.2) is 31.4 Å². The van der Waals surface area contributed by atoms with Gasteiger partial charge in [-0.2, -0.15) is 0 Å². The van der Waals surface area contributed by atoms with Crippen LogP contribution in [0.5, 0.6) is 5.75 Å². The van der Waals surface area contributed by atoms with E-state index in [1.807, 2.05) is 13.0 Å². The Balaban J connectivity index is 1.57. The number of carbonyl (C=O) groups excluding carboxylic acids is 3. The van der Waals surface area contributed by atoms with Gasteiger partial charge >= 0.3 is 5.97 Å². The second kappa shape index (κ2) is 9.52. The third-order valence-corrected chi connectivity index (χ3v) is 4.48. The molecule has 1 N–H and O–H groups in total. The first kappa shape index (κ1) is 20.8. The van der Waals surface area contributed by atoms with Crippen LogP contribution in [0.4, 0.5) is 5.69 Å². The van der Waals surface area contributed by atoms with Crippen molar-refractivity contribution in [1.29, 1.82) is 0 Å². The zero-order chi connectivity index (χ0) is 21.5. The minimum atomic E-state index is -0.603. The van der Waals surface area contributed by atoms with Gasteiger partial charge in [0.1, 0.15) is 5.75 Å². The summed E-state index contributed by atoms with van der Waals surface area (Å²) in [6, 6.07) is 20.2. The van der Waals surface area contributed by atoms with Crippen LogP contribution in [0.25, 0.3) is 0 Å². The second-order valence-corrected chi connectivity index (χ2v) is 6.58. The molecule has 3 aromatic rings. The van der Waals surface area contributed by atoms with Gasteiger partial charge in [-0.15, -0.1) is 0 Å². The molecule has 1 amide bonds. The second-order valence-electron chi connectivity index (χ2n) is 6.58. The number of esters is 1. The number of carbonyl (C=O) groups is 3. The van der Waals surface area contributed by atoms with Gasteiger partial charge in [-0.1, -0.05) is 24.3 Å². The van der Waals surface area contributed by atoms with E-state index in [0.29, 0.717) is 28.1 Å². The van der Waals surface area contributed by atoms with Crippen molar-refractivity contribution >= 4 is 23.3 Å². The lowest BCUT2D eigenvalue weighted by Gasteiger charge is -2.09. The number of ether oxygens (including phenoxy) is 2. The lowest BCUT2D eigenvalue weighted by molar-refractivity contribution is 0.0474. The molecule has 30 heavy (non-hydrogen) atoms. The topological polar surface area (TPSA) is 81.7 Å². The maximum atomic E-state index is 12.3. The third-order valence-electron chi connectivity index (χ3n) is 4.48. The summed E-state index contributed by atoms with van der Waals surface area (Å²) in [5.41, 5.74) is 2.68. The Bertz CT molecular complexity index is 1060. The van der Waals surface area contributed by atoms with Gasteiger partial charge in [0, 0.05) is 16.8 Å². The number of amides is 1. The largest absolute Gasteiger partial charge is 0.496 e. The molecule has 0 saturated carbocycles. The number of ketones is 1. The highest BCUT2D eigenvalue weighted by Crippen LogP contribution is 2.19. The fourth-order valence-corrected chi connectivity index (χ4v) is 2.78. The number of methoxy groups -OCH3 is 1. The van der Waals surface area contributed by atoms with Crippen molar-refractivity contribution < 1.29 is 23.9 Å². The smallest absolute Gasteiger partial charge is 0.338 e. The van der Waals surface area contributed by atoms with Gasteiger partial charge in [0.05, 0.1) is 12.7 Å². The van der Waals surface area contributed by atoms with Gasteiger partial charge < -0.3 is 14.8 Å². The average molecular weight is 403 g/mol. The predicted molar refractivity (Wildman–Crippen MR) is 113 cm³/mol. The first-order valence-electron chi connectivity index (χ1n) is 9.29. The van der Waals surface area contributed by atoms with Gasteiger partial charge in [0.2, 0.25) is 0 Å². The lowest BCUT2D eigenvalue weighted by Crippen LogP contribution is -2.15. The van der Waals surface area contributed by atoms with E-state index in [4.69, 9.17) is 9.47 Å². The Hall–Kier alpha value is -3.93. The minimum absolute atomic E-state index is 0.239. The summed E-state index contributed by atoms with van der Waals surface area (Å²) in [6.07, 6.45) is 0. The standard InChI is InChI=1S/C24H21NO5/c1-16-8-9-19(14-22(16)29-2)24(28)30-15-21(26)17-10-12-20(13-11-17)25-23(27)18-6-4-3-5-7-18/h3-14H,15H2,1-2H3,(H,25,27). The summed E-state index contributed by atoms with van der Waals surface area (Å²) in [5, 5.41) is 2.76. The van der Waals surface area contributed by atoms with Crippen LogP contribution in [0.1, 0.15) is 36.6 Å². The number of hydrogen-bond acceptors (Lipinski definition) is 5. The molecule has 0 atom stereocenters. The molecule has 0 radical (unpaired) electrons. The summed E-state index contributed by atoms with van der Waals surface area (Å²) in [7, 11) is 1.52. The first-order chi connectivity index (χ1) is 14.5. The van der Waals surface area contributed by atoms with Crippen LogP contribution in [0.3, 0.4) is 0 Å². The molecule has 0 aliphatic carbocycles. The van der Waals surface area contributed by atoms with E-state index < -0.39 is 5.97 Å². The molecule has 152 valence electrons. The van der Waals surface area contributed by atoms with E-state index >= 15 is 0 Å². The molecule has 6 nitrogen and oxygen atoms in total. The highest BCUT2D eigenvalue weighted by molar-refractivity contribution is 6.05. The Morgan fingerprint density at radius 2 is 1.50 bits per heavy atom. The fraction of sp³-hybridized carbons (Fsp3) is 0.125. The van der Waals surface area contributed by atoms with E-state index in [1.165, 1.54) is 7.11 Å². The highest BCUT2D eigenvalue weighted by Gasteiger charge is 2.14. The van der Waals surface area contributed by atoms with Crippen LogP contribution in [-0.2, 0) is 4.74 Å². The van der Waals surface area contributed by atoms with Gasteiger partial charge in [-0.25, -0.2) is 4.79 Å². The van der Waals surface area contributed by atoms with Gasteiger partial charge in [-0.05, 0) is 61.0 Å². The zero-order valence-corrected chi connectivity index (χ0v) is 16.7. The quantitative estimate of drug-likeness (QED) is 0.470. The Labute approximate surface area is 174 Å². The molecule has 0 unspecified atom stereocenters. The molecular formula is C24H21NO5. The number of rotatable bonds is 7. The SMILES string of the molecule is COc1cc(C(=O)OCC(=O)c2ccc(NC(=O)c3ccccc3)cc2)ccc1C. The molecule has 0 aliphatic rings.